The summed E-state index contributed by atoms with van der Waals surface area (Å²) in [5, 5.41) is 9.98. The molecule has 0 spiro atoms. The van der Waals surface area contributed by atoms with Crippen molar-refractivity contribution < 1.29 is 22.8 Å². The number of nitrogens with one attached hydrogen (secondary N) is 2. The quantitative estimate of drug-likeness (QED) is 0.325. The van der Waals surface area contributed by atoms with E-state index >= 15 is 0 Å². The number of ether oxygens (including phenoxy) is 1. The first kappa shape index (κ1) is 23.0. The predicted molar refractivity (Wildman–Crippen MR) is 134 cm³/mol. The lowest BCUT2D eigenvalue weighted by atomic mass is 9.79. The zero-order valence-corrected chi connectivity index (χ0v) is 19.7. The first-order valence-electron chi connectivity index (χ1n) is 10.9. The monoisotopic (exact) mass is 490 g/mol. The third-order valence-electron chi connectivity index (χ3n) is 5.69. The number of nitrogens with zero attached hydrogens (tertiary/aromatic N) is 2. The van der Waals surface area contributed by atoms with Crippen LogP contribution < -0.4 is 19.8 Å². The van der Waals surface area contributed by atoms with Crippen molar-refractivity contribution in [2.45, 2.75) is 18.1 Å². The number of fused-ring (bicyclic) bond motifs is 1. The highest BCUT2D eigenvalue weighted by atomic mass is 32.2. The van der Waals surface area contributed by atoms with Crippen molar-refractivity contribution >= 4 is 39.9 Å². The van der Waals surface area contributed by atoms with Crippen molar-refractivity contribution in [1.29, 1.82) is 0 Å². The van der Waals surface area contributed by atoms with Crippen molar-refractivity contribution in [3.8, 4) is 5.75 Å². The molecule has 0 saturated carbocycles. The number of benzene rings is 3. The summed E-state index contributed by atoms with van der Waals surface area (Å²) in [5.74, 6) is 0.985. The zero-order valence-electron chi connectivity index (χ0n) is 18.9. The van der Waals surface area contributed by atoms with E-state index in [9.17, 15) is 13.4 Å². The zero-order chi connectivity index (χ0) is 24.4. The highest BCUT2D eigenvalue weighted by Gasteiger charge is 2.29. The van der Waals surface area contributed by atoms with Gasteiger partial charge >= 0.3 is 7.12 Å². The van der Waals surface area contributed by atoms with E-state index in [0.717, 1.165) is 11.1 Å². The van der Waals surface area contributed by atoms with Crippen molar-refractivity contribution in [3.05, 3.63) is 90.3 Å². The van der Waals surface area contributed by atoms with Gasteiger partial charge in [-0.2, -0.15) is 0 Å². The summed E-state index contributed by atoms with van der Waals surface area (Å²) < 4.78 is 40.7. The van der Waals surface area contributed by atoms with Crippen molar-refractivity contribution in [2.24, 2.45) is 0 Å². The first-order valence-corrected chi connectivity index (χ1v) is 12.4. The van der Waals surface area contributed by atoms with Gasteiger partial charge in [0.15, 0.2) is 0 Å². The number of aromatic amines is 1. The molecule has 9 nitrogen and oxygen atoms in total. The number of anilines is 3. The van der Waals surface area contributed by atoms with Crippen LogP contribution in [0.3, 0.4) is 0 Å². The minimum Gasteiger partial charge on any atom is -0.489 e. The average Bonchev–Trinajstić information content (AvgIpc) is 3.53. The maximum Gasteiger partial charge on any atom is 0.491 e. The van der Waals surface area contributed by atoms with E-state index in [1.165, 1.54) is 6.07 Å². The Balaban J connectivity index is 1.47. The molecule has 0 atom stereocenters. The SMILES string of the molecule is CN(c1ncc[nH]1)c1cc(OCc2ccccc2)ccc1S(=O)(=O)Nc1ccc2c(c1)B(O)OC2. The van der Waals surface area contributed by atoms with Gasteiger partial charge in [0.2, 0.25) is 5.95 Å². The molecule has 0 aliphatic carbocycles. The molecular weight excluding hydrogens is 467 g/mol. The summed E-state index contributed by atoms with van der Waals surface area (Å²) in [5.41, 5.74) is 3.06. The molecule has 1 aliphatic heterocycles. The van der Waals surface area contributed by atoms with Crippen LogP contribution >= 0.6 is 0 Å². The molecule has 5 rings (SSSR count). The van der Waals surface area contributed by atoms with Gasteiger partial charge in [0.25, 0.3) is 10.0 Å². The van der Waals surface area contributed by atoms with Crippen LogP contribution in [0.15, 0.2) is 84.0 Å². The maximum absolute atomic E-state index is 13.5. The van der Waals surface area contributed by atoms with Crippen molar-refractivity contribution in [2.75, 3.05) is 16.7 Å². The second-order valence-electron chi connectivity index (χ2n) is 8.06. The molecule has 0 bridgehead atoms. The third kappa shape index (κ3) is 4.88. The number of aromatic nitrogens is 2. The number of rotatable bonds is 8. The number of hydrogen-bond acceptors (Lipinski definition) is 7. The Hall–Kier alpha value is -3.80. The van der Waals surface area contributed by atoms with Gasteiger partial charge in [-0.3, -0.25) is 4.72 Å². The normalized spacial score (nSPS) is 12.9. The van der Waals surface area contributed by atoms with E-state index in [1.54, 1.807) is 54.7 Å². The molecule has 0 unspecified atom stereocenters. The van der Waals surface area contributed by atoms with E-state index < -0.39 is 17.1 Å². The summed E-state index contributed by atoms with van der Waals surface area (Å²) in [6.45, 7) is 0.626. The molecule has 178 valence electrons. The Morgan fingerprint density at radius 3 is 2.77 bits per heavy atom. The summed E-state index contributed by atoms with van der Waals surface area (Å²) in [4.78, 5) is 8.92. The highest BCUT2D eigenvalue weighted by Crippen LogP contribution is 2.33. The van der Waals surface area contributed by atoms with Gasteiger partial charge in [-0.25, -0.2) is 13.4 Å². The van der Waals surface area contributed by atoms with Crippen molar-refractivity contribution in [3.63, 3.8) is 0 Å². The molecule has 0 amide bonds. The molecule has 0 fully saturated rings. The fraction of sp³-hybridized carbons (Fsp3) is 0.125. The Bertz CT molecular complexity index is 1430. The van der Waals surface area contributed by atoms with E-state index in [-0.39, 0.29) is 11.5 Å². The van der Waals surface area contributed by atoms with E-state index in [0.29, 0.717) is 35.1 Å². The Labute approximate surface area is 203 Å². The van der Waals surface area contributed by atoms with Crippen LogP contribution in [0.2, 0.25) is 0 Å². The van der Waals surface area contributed by atoms with Crippen molar-refractivity contribution in [1.82, 2.24) is 9.97 Å². The molecule has 0 saturated heterocycles. The van der Waals surface area contributed by atoms with Crippen LogP contribution in [-0.4, -0.2) is 37.6 Å². The van der Waals surface area contributed by atoms with E-state index in [1.807, 2.05) is 30.3 Å². The minimum atomic E-state index is -4.01. The second kappa shape index (κ2) is 9.45. The Morgan fingerprint density at radius 2 is 2.00 bits per heavy atom. The van der Waals surface area contributed by atoms with E-state index in [4.69, 9.17) is 9.39 Å². The third-order valence-corrected chi connectivity index (χ3v) is 7.12. The number of H-pyrrole nitrogens is 1. The molecule has 4 aromatic rings. The molecule has 1 aliphatic rings. The van der Waals surface area contributed by atoms with Crippen LogP contribution in [0.1, 0.15) is 11.1 Å². The molecule has 35 heavy (non-hydrogen) atoms. The van der Waals surface area contributed by atoms with E-state index in [2.05, 4.69) is 14.7 Å². The van der Waals surface area contributed by atoms with Gasteiger partial charge in [-0.1, -0.05) is 36.4 Å². The van der Waals surface area contributed by atoms with Gasteiger partial charge in [0.1, 0.15) is 17.3 Å². The van der Waals surface area contributed by atoms with Gasteiger partial charge in [-0.15, -0.1) is 0 Å². The van der Waals surface area contributed by atoms with Crippen LogP contribution in [0.5, 0.6) is 5.75 Å². The lowest BCUT2D eigenvalue weighted by Crippen LogP contribution is -2.28. The minimum absolute atomic E-state index is 0.0424. The van der Waals surface area contributed by atoms with Crippen LogP contribution in [0.25, 0.3) is 0 Å². The number of sulfonamides is 1. The molecule has 3 aromatic carbocycles. The molecule has 11 heteroatoms. The van der Waals surface area contributed by atoms with Crippen LogP contribution in [-0.2, 0) is 27.9 Å². The standard InChI is InChI=1S/C24H23BN4O5S/c1-29(24-26-11-12-27-24)22-14-20(33-15-17-5-3-2-4-6-17)9-10-23(22)35(31,32)28-19-8-7-18-16-34-25(30)21(18)13-19/h2-14,28,30H,15-16H2,1H3,(H,26,27). The van der Waals surface area contributed by atoms with Gasteiger partial charge in [-0.05, 0) is 40.9 Å². The first-order chi connectivity index (χ1) is 16.9. The summed E-state index contributed by atoms with van der Waals surface area (Å²) in [7, 11) is -3.36. The Kier molecular flexibility index (Phi) is 6.20. The molecule has 3 N–H and O–H groups in total. The number of imidazole rings is 1. The fourth-order valence-electron chi connectivity index (χ4n) is 3.86. The lowest BCUT2D eigenvalue weighted by molar-refractivity contribution is 0.275. The van der Waals surface area contributed by atoms with Crippen LogP contribution in [0.4, 0.5) is 17.3 Å². The molecular formula is C24H23BN4O5S. The fourth-order valence-corrected chi connectivity index (χ4v) is 5.13. The van der Waals surface area contributed by atoms with Gasteiger partial charge in [0, 0.05) is 31.2 Å². The molecule has 1 aromatic heterocycles. The largest absolute Gasteiger partial charge is 0.491 e. The lowest BCUT2D eigenvalue weighted by Gasteiger charge is -2.21. The maximum atomic E-state index is 13.5. The highest BCUT2D eigenvalue weighted by molar-refractivity contribution is 7.92. The molecule has 0 radical (unpaired) electrons. The van der Waals surface area contributed by atoms with Gasteiger partial charge in [0.05, 0.1) is 12.3 Å². The number of hydrogen-bond donors (Lipinski definition) is 3. The van der Waals surface area contributed by atoms with Gasteiger partial charge < -0.3 is 24.3 Å². The average molecular weight is 490 g/mol. The smallest absolute Gasteiger partial charge is 0.489 e. The summed E-state index contributed by atoms with van der Waals surface area (Å²) >= 11 is 0. The summed E-state index contributed by atoms with van der Waals surface area (Å²) in [6.07, 6.45) is 3.25. The molecule has 2 heterocycles. The topological polar surface area (TPSA) is 117 Å². The van der Waals surface area contributed by atoms with Crippen LogP contribution in [0, 0.1) is 0 Å². The predicted octanol–water partition coefficient (Wildman–Crippen LogP) is 2.78. The summed E-state index contributed by atoms with van der Waals surface area (Å²) in [6, 6.07) is 19.5. The Morgan fingerprint density at radius 1 is 1.17 bits per heavy atom. The second-order valence-corrected chi connectivity index (χ2v) is 9.71.